The quantitative estimate of drug-likeness (QED) is 0.119. The van der Waals surface area contributed by atoms with Gasteiger partial charge in [0.25, 0.3) is 5.91 Å². The minimum atomic E-state index is -0.294. The van der Waals surface area contributed by atoms with Gasteiger partial charge in [-0.05, 0) is 65.7 Å². The predicted molar refractivity (Wildman–Crippen MR) is 160 cm³/mol. The Balaban J connectivity index is 1.22. The second-order valence-electron chi connectivity index (χ2n) is 8.62. The first-order valence-electron chi connectivity index (χ1n) is 12.5. The number of hydrogen-bond donors (Lipinski definition) is 1. The fourth-order valence-electron chi connectivity index (χ4n) is 3.83. The van der Waals surface area contributed by atoms with Gasteiger partial charge in [-0.3, -0.25) is 14.3 Å². The number of amides is 1. The van der Waals surface area contributed by atoms with Crippen LogP contribution in [0.1, 0.15) is 11.1 Å². The number of hydrogen-bond acceptors (Lipinski definition) is 8. The number of thioether (sulfide) groups is 1. The van der Waals surface area contributed by atoms with Crippen LogP contribution < -0.4 is 14.9 Å². The third-order valence-electron chi connectivity index (χ3n) is 5.82. The molecule has 11 heteroatoms. The molecule has 0 aliphatic rings. The molecule has 1 N–H and O–H groups in total. The smallest absolute Gasteiger partial charge is 0.250 e. The van der Waals surface area contributed by atoms with Gasteiger partial charge in [0.05, 0.1) is 19.1 Å². The van der Waals surface area contributed by atoms with E-state index in [1.807, 2.05) is 71.3 Å². The van der Waals surface area contributed by atoms with Crippen LogP contribution in [0, 0.1) is 0 Å². The highest BCUT2D eigenvalue weighted by molar-refractivity contribution is 7.99. The van der Waals surface area contributed by atoms with E-state index >= 15 is 0 Å². The number of hydrazone groups is 1. The molecule has 5 rings (SSSR count). The summed E-state index contributed by atoms with van der Waals surface area (Å²) in [5, 5.41) is 14.0. The van der Waals surface area contributed by atoms with Crippen LogP contribution in [-0.2, 0) is 11.4 Å². The van der Waals surface area contributed by atoms with E-state index in [-0.39, 0.29) is 11.7 Å². The van der Waals surface area contributed by atoms with Crippen LogP contribution >= 0.6 is 23.4 Å². The van der Waals surface area contributed by atoms with Crippen molar-refractivity contribution in [3.63, 3.8) is 0 Å². The molecule has 206 valence electrons. The standard InChI is InChI=1S/C30H25ClN6O3S/c1-39-27-17-22(7-12-26(27)40-19-21-5-3-2-4-6-21)18-33-34-28(38)20-41-30-36-35-29(23-13-15-32-16-14-23)37(30)25-10-8-24(31)9-11-25/h2-18H,19-20H2,1H3,(H,34,38). The minimum Gasteiger partial charge on any atom is -0.493 e. The average molecular weight is 585 g/mol. The highest BCUT2D eigenvalue weighted by Crippen LogP contribution is 2.29. The van der Waals surface area contributed by atoms with Gasteiger partial charge in [-0.25, -0.2) is 5.43 Å². The molecule has 0 saturated heterocycles. The number of ether oxygens (including phenoxy) is 2. The molecule has 0 atom stereocenters. The first-order chi connectivity index (χ1) is 20.1. The van der Waals surface area contributed by atoms with Crippen molar-refractivity contribution in [2.75, 3.05) is 12.9 Å². The summed E-state index contributed by atoms with van der Waals surface area (Å²) in [6, 6.07) is 26.3. The normalized spacial score (nSPS) is 11.0. The van der Waals surface area contributed by atoms with E-state index in [9.17, 15) is 4.79 Å². The number of nitrogens with one attached hydrogen (secondary N) is 1. The Morgan fingerprint density at radius 2 is 1.78 bits per heavy atom. The van der Waals surface area contributed by atoms with Gasteiger partial charge in [0, 0.05) is 28.7 Å². The lowest BCUT2D eigenvalue weighted by Crippen LogP contribution is -2.20. The molecule has 0 aliphatic carbocycles. The third kappa shape index (κ3) is 7.30. The molecular formula is C30H25ClN6O3S. The summed E-state index contributed by atoms with van der Waals surface area (Å²) in [5.41, 5.74) is 6.02. The lowest BCUT2D eigenvalue weighted by Gasteiger charge is -2.11. The van der Waals surface area contributed by atoms with E-state index in [1.165, 1.54) is 11.8 Å². The van der Waals surface area contributed by atoms with E-state index in [0.717, 1.165) is 22.4 Å². The molecule has 9 nitrogen and oxygen atoms in total. The SMILES string of the molecule is COc1cc(C=NNC(=O)CSc2nnc(-c3ccncc3)n2-c2ccc(Cl)cc2)ccc1OCc1ccccc1. The van der Waals surface area contributed by atoms with Gasteiger partial charge >= 0.3 is 0 Å². The topological polar surface area (TPSA) is 104 Å². The molecule has 0 bridgehead atoms. The number of rotatable bonds is 11. The summed E-state index contributed by atoms with van der Waals surface area (Å²) in [6.07, 6.45) is 4.93. The van der Waals surface area contributed by atoms with Gasteiger partial charge in [0.1, 0.15) is 6.61 Å². The first kappa shape index (κ1) is 27.9. The molecule has 3 aromatic carbocycles. The zero-order valence-corrected chi connectivity index (χ0v) is 23.5. The zero-order valence-electron chi connectivity index (χ0n) is 22.0. The molecule has 0 fully saturated rings. The molecule has 0 unspecified atom stereocenters. The molecule has 2 aromatic heterocycles. The van der Waals surface area contributed by atoms with Crippen LogP contribution in [0.2, 0.25) is 5.02 Å². The highest BCUT2D eigenvalue weighted by Gasteiger charge is 2.17. The monoisotopic (exact) mass is 584 g/mol. The Morgan fingerprint density at radius 1 is 1.00 bits per heavy atom. The zero-order chi connectivity index (χ0) is 28.4. The number of methoxy groups -OCH3 is 1. The third-order valence-corrected chi connectivity index (χ3v) is 7.00. The molecule has 2 heterocycles. The van der Waals surface area contributed by atoms with Crippen molar-refractivity contribution in [3.05, 3.63) is 113 Å². The van der Waals surface area contributed by atoms with Crippen molar-refractivity contribution in [3.8, 4) is 28.6 Å². The summed E-state index contributed by atoms with van der Waals surface area (Å²) in [4.78, 5) is 16.7. The lowest BCUT2D eigenvalue weighted by atomic mass is 10.2. The molecule has 5 aromatic rings. The number of pyridine rings is 1. The van der Waals surface area contributed by atoms with Gasteiger partial charge in [-0.15, -0.1) is 10.2 Å². The molecule has 0 aliphatic heterocycles. The van der Waals surface area contributed by atoms with Crippen molar-refractivity contribution in [2.45, 2.75) is 11.8 Å². The average Bonchev–Trinajstić information content (AvgIpc) is 3.44. The Labute approximate surface area is 246 Å². The molecule has 1 amide bonds. The van der Waals surface area contributed by atoms with Gasteiger partial charge in [-0.2, -0.15) is 5.10 Å². The summed E-state index contributed by atoms with van der Waals surface area (Å²) in [6.45, 7) is 0.425. The maximum atomic E-state index is 12.6. The van der Waals surface area contributed by atoms with Crippen molar-refractivity contribution in [1.29, 1.82) is 0 Å². The fraction of sp³-hybridized carbons (Fsp3) is 0.100. The highest BCUT2D eigenvalue weighted by atomic mass is 35.5. The largest absolute Gasteiger partial charge is 0.493 e. The van der Waals surface area contributed by atoms with Crippen LogP contribution in [0.5, 0.6) is 11.5 Å². The van der Waals surface area contributed by atoms with E-state index < -0.39 is 0 Å². The van der Waals surface area contributed by atoms with Gasteiger partial charge < -0.3 is 9.47 Å². The molecule has 0 saturated carbocycles. The van der Waals surface area contributed by atoms with Crippen LogP contribution in [0.15, 0.2) is 108 Å². The first-order valence-corrected chi connectivity index (χ1v) is 13.9. The Morgan fingerprint density at radius 3 is 2.54 bits per heavy atom. The molecular weight excluding hydrogens is 560 g/mol. The number of carbonyl (C=O) groups is 1. The summed E-state index contributed by atoms with van der Waals surface area (Å²) in [7, 11) is 1.58. The number of benzene rings is 3. The Hall–Kier alpha value is -4.67. The van der Waals surface area contributed by atoms with E-state index in [4.69, 9.17) is 21.1 Å². The lowest BCUT2D eigenvalue weighted by molar-refractivity contribution is -0.118. The molecule has 41 heavy (non-hydrogen) atoms. The van der Waals surface area contributed by atoms with Crippen LogP contribution in [0.25, 0.3) is 17.1 Å². The van der Waals surface area contributed by atoms with Crippen molar-refractivity contribution in [2.24, 2.45) is 5.10 Å². The number of aromatic nitrogens is 4. The van der Waals surface area contributed by atoms with Crippen molar-refractivity contribution < 1.29 is 14.3 Å². The number of carbonyl (C=O) groups excluding carboxylic acids is 1. The van der Waals surface area contributed by atoms with Gasteiger partial charge in [0.15, 0.2) is 22.5 Å². The van der Waals surface area contributed by atoms with Crippen LogP contribution in [0.3, 0.4) is 0 Å². The minimum absolute atomic E-state index is 0.0784. The Kier molecular flexibility index (Phi) is 9.25. The van der Waals surface area contributed by atoms with E-state index in [1.54, 1.807) is 43.9 Å². The van der Waals surface area contributed by atoms with Gasteiger partial charge in [0.2, 0.25) is 0 Å². The molecule has 0 radical (unpaired) electrons. The van der Waals surface area contributed by atoms with E-state index in [2.05, 4.69) is 25.7 Å². The molecule has 0 spiro atoms. The fourth-order valence-corrected chi connectivity index (χ4v) is 4.70. The Bertz CT molecular complexity index is 1630. The maximum Gasteiger partial charge on any atom is 0.250 e. The van der Waals surface area contributed by atoms with E-state index in [0.29, 0.717) is 34.1 Å². The van der Waals surface area contributed by atoms with Crippen LogP contribution in [-0.4, -0.2) is 44.7 Å². The van der Waals surface area contributed by atoms with Crippen LogP contribution in [0.4, 0.5) is 0 Å². The second kappa shape index (κ2) is 13.6. The summed E-state index contributed by atoms with van der Waals surface area (Å²) >= 11 is 7.34. The second-order valence-corrected chi connectivity index (χ2v) is 10.00. The van der Waals surface area contributed by atoms with Gasteiger partial charge in [-0.1, -0.05) is 53.7 Å². The maximum absolute atomic E-state index is 12.6. The predicted octanol–water partition coefficient (Wildman–Crippen LogP) is 5.81. The summed E-state index contributed by atoms with van der Waals surface area (Å²) in [5.74, 6) is 1.59. The van der Waals surface area contributed by atoms with Crippen molar-refractivity contribution >= 4 is 35.5 Å². The summed E-state index contributed by atoms with van der Waals surface area (Å²) < 4.78 is 13.2. The number of nitrogens with zero attached hydrogens (tertiary/aromatic N) is 5. The van der Waals surface area contributed by atoms with Crippen molar-refractivity contribution in [1.82, 2.24) is 25.2 Å². The number of halogens is 1.